The molecule has 8 nitrogen and oxygen atoms in total. The summed E-state index contributed by atoms with van der Waals surface area (Å²) in [5, 5.41) is 3.09. The van der Waals surface area contributed by atoms with Crippen molar-refractivity contribution in [2.75, 3.05) is 23.3 Å². The highest BCUT2D eigenvalue weighted by atomic mass is 32.2. The van der Waals surface area contributed by atoms with Gasteiger partial charge in [0, 0.05) is 12.7 Å². The summed E-state index contributed by atoms with van der Waals surface area (Å²) >= 11 is 0. The Hall–Kier alpha value is -2.88. The molecule has 0 atom stereocenters. The Balaban J connectivity index is 1.82. The molecule has 0 saturated carbocycles. The number of aromatic nitrogens is 1. The molecule has 1 amide bonds. The number of ether oxygens (including phenoxy) is 1. The average Bonchev–Trinajstić information content (AvgIpc) is 2.91. The lowest BCUT2D eigenvalue weighted by molar-refractivity contribution is -0.117. The van der Waals surface area contributed by atoms with Crippen LogP contribution in [0.25, 0.3) is 0 Å². The van der Waals surface area contributed by atoms with Crippen LogP contribution in [-0.4, -0.2) is 33.0 Å². The smallest absolute Gasteiger partial charge is 0.326 e. The number of anilines is 2. The average molecular weight is 408 g/mol. The highest BCUT2D eigenvalue weighted by Crippen LogP contribution is 2.35. The number of nitrogens with zero attached hydrogens (tertiary/aromatic N) is 2. The maximum absolute atomic E-state index is 14.7. The number of halogens is 1. The number of benzene rings is 1. The summed E-state index contributed by atoms with van der Waals surface area (Å²) in [6.45, 7) is 3.90. The van der Waals surface area contributed by atoms with Gasteiger partial charge in [0.15, 0.2) is 5.82 Å². The third-order valence-electron chi connectivity index (χ3n) is 4.30. The summed E-state index contributed by atoms with van der Waals surface area (Å²) in [6.07, 6.45) is 1.78. The van der Waals surface area contributed by atoms with Gasteiger partial charge in [0.05, 0.1) is 7.11 Å². The van der Waals surface area contributed by atoms with Crippen LogP contribution in [0.3, 0.4) is 0 Å². The molecule has 1 saturated heterocycles. The van der Waals surface area contributed by atoms with Crippen molar-refractivity contribution >= 4 is 27.6 Å². The van der Waals surface area contributed by atoms with Crippen LogP contribution in [0.4, 0.5) is 15.9 Å². The molecule has 10 heteroatoms. The molecule has 0 bridgehead atoms. The first kappa shape index (κ1) is 19.9. The van der Waals surface area contributed by atoms with Crippen molar-refractivity contribution in [1.29, 1.82) is 0 Å². The molecule has 0 aliphatic carbocycles. The fourth-order valence-corrected chi connectivity index (χ4v) is 3.98. The first-order valence-corrected chi connectivity index (χ1v) is 10.0. The van der Waals surface area contributed by atoms with E-state index >= 15 is 0 Å². The predicted octanol–water partition coefficient (Wildman–Crippen LogP) is 2.15. The zero-order valence-corrected chi connectivity index (χ0v) is 16.5. The van der Waals surface area contributed by atoms with E-state index in [1.165, 1.54) is 19.2 Å². The molecule has 0 radical (unpaired) electrons. The number of pyridine rings is 1. The Morgan fingerprint density at radius 3 is 2.64 bits per heavy atom. The number of carbonyl (C=O) groups is 1. The molecule has 28 heavy (non-hydrogen) atoms. The molecule has 2 heterocycles. The third kappa shape index (κ3) is 4.01. The van der Waals surface area contributed by atoms with Crippen molar-refractivity contribution in [3.63, 3.8) is 0 Å². The van der Waals surface area contributed by atoms with Crippen molar-refractivity contribution in [1.82, 2.24) is 9.71 Å². The number of methoxy groups -OCH3 is 1. The number of amides is 1. The van der Waals surface area contributed by atoms with Crippen molar-refractivity contribution < 1.29 is 22.3 Å². The largest absolute Gasteiger partial charge is 0.494 e. The van der Waals surface area contributed by atoms with Gasteiger partial charge >= 0.3 is 10.2 Å². The van der Waals surface area contributed by atoms with Gasteiger partial charge in [-0.2, -0.15) is 8.42 Å². The normalized spacial score (nSPS) is 15.6. The molecule has 1 aliphatic heterocycles. The maximum atomic E-state index is 14.7. The molecular formula is C18H21FN4O4S. The number of carbonyl (C=O) groups excluding carboxylic acids is 1. The van der Waals surface area contributed by atoms with Crippen LogP contribution in [0.2, 0.25) is 0 Å². The van der Waals surface area contributed by atoms with E-state index in [1.54, 1.807) is 6.20 Å². The van der Waals surface area contributed by atoms with Gasteiger partial charge in [-0.05, 0) is 35.2 Å². The quantitative estimate of drug-likeness (QED) is 0.760. The molecule has 2 N–H and O–H groups in total. The Morgan fingerprint density at radius 1 is 1.36 bits per heavy atom. The van der Waals surface area contributed by atoms with E-state index in [0.29, 0.717) is 21.6 Å². The van der Waals surface area contributed by atoms with Gasteiger partial charge in [0.2, 0.25) is 0 Å². The van der Waals surface area contributed by atoms with Crippen LogP contribution in [-0.2, 0) is 21.5 Å². The minimum absolute atomic E-state index is 0.0139. The predicted molar refractivity (Wildman–Crippen MR) is 103 cm³/mol. The second kappa shape index (κ2) is 7.63. The highest BCUT2D eigenvalue weighted by Gasteiger charge is 2.37. The van der Waals surface area contributed by atoms with E-state index in [0.717, 1.165) is 5.56 Å². The van der Waals surface area contributed by atoms with Gasteiger partial charge in [-0.3, -0.25) is 4.79 Å². The zero-order valence-electron chi connectivity index (χ0n) is 15.7. The molecule has 1 fully saturated rings. The monoisotopic (exact) mass is 408 g/mol. The topological polar surface area (TPSA) is 101 Å². The van der Waals surface area contributed by atoms with Crippen LogP contribution in [0, 0.1) is 5.82 Å². The molecule has 1 aromatic carbocycles. The molecule has 3 rings (SSSR count). The van der Waals surface area contributed by atoms with Crippen molar-refractivity contribution in [2.45, 2.75) is 26.3 Å². The summed E-state index contributed by atoms with van der Waals surface area (Å²) in [5.41, 5.74) is 1.34. The highest BCUT2D eigenvalue weighted by molar-refractivity contribution is 7.92. The summed E-state index contributed by atoms with van der Waals surface area (Å²) in [4.78, 5) is 15.8. The molecule has 1 aromatic heterocycles. The Labute approximate surface area is 162 Å². The minimum atomic E-state index is -4.14. The first-order valence-electron chi connectivity index (χ1n) is 8.61. The summed E-state index contributed by atoms with van der Waals surface area (Å²) in [7, 11) is -2.83. The molecule has 1 aliphatic rings. The lowest BCUT2D eigenvalue weighted by Gasteiger charge is -2.19. The molecule has 2 aromatic rings. The van der Waals surface area contributed by atoms with E-state index in [-0.39, 0.29) is 18.0 Å². The Kier molecular flexibility index (Phi) is 5.41. The maximum Gasteiger partial charge on any atom is 0.326 e. The van der Waals surface area contributed by atoms with E-state index in [1.807, 2.05) is 16.9 Å². The van der Waals surface area contributed by atoms with Crippen LogP contribution >= 0.6 is 0 Å². The standard InChI is InChI=1S/C18H21FN4O4S/c1-11(2)13-4-5-16(21-9-13)20-8-12-6-14(19)18(15(7-12)27-3)23-10-17(24)22-28(23,25)26/h4-7,9,11H,8,10H2,1-3H3,(H,20,21)(H,22,24). The molecule has 0 unspecified atom stereocenters. The Morgan fingerprint density at radius 2 is 2.11 bits per heavy atom. The van der Waals surface area contributed by atoms with Crippen LogP contribution in [0.15, 0.2) is 30.5 Å². The molecule has 150 valence electrons. The third-order valence-corrected chi connectivity index (χ3v) is 5.68. The minimum Gasteiger partial charge on any atom is -0.494 e. The van der Waals surface area contributed by atoms with E-state index < -0.39 is 28.5 Å². The van der Waals surface area contributed by atoms with E-state index in [2.05, 4.69) is 24.1 Å². The summed E-state index contributed by atoms with van der Waals surface area (Å²) in [5.74, 6) is -0.525. The number of nitrogens with one attached hydrogen (secondary N) is 2. The van der Waals surface area contributed by atoms with Crippen LogP contribution < -0.4 is 19.1 Å². The number of rotatable bonds is 6. The zero-order chi connectivity index (χ0) is 20.5. The lowest BCUT2D eigenvalue weighted by Crippen LogP contribution is -2.30. The molecule has 0 spiro atoms. The van der Waals surface area contributed by atoms with Gasteiger partial charge in [0.25, 0.3) is 5.91 Å². The SMILES string of the molecule is COc1cc(CNc2ccc(C(C)C)cn2)cc(F)c1N1CC(=O)NS1(=O)=O. The van der Waals surface area contributed by atoms with Crippen LogP contribution in [0.5, 0.6) is 5.75 Å². The summed E-state index contributed by atoms with van der Waals surface area (Å²) < 4.78 is 46.4. The first-order chi connectivity index (χ1) is 13.2. The number of hydrogen-bond donors (Lipinski definition) is 2. The second-order valence-electron chi connectivity index (χ2n) is 6.65. The number of hydrogen-bond acceptors (Lipinski definition) is 6. The summed E-state index contributed by atoms with van der Waals surface area (Å²) in [6, 6.07) is 6.52. The Bertz CT molecular complexity index is 993. The second-order valence-corrected chi connectivity index (χ2v) is 8.25. The fraction of sp³-hybridized carbons (Fsp3) is 0.333. The van der Waals surface area contributed by atoms with Gasteiger partial charge < -0.3 is 10.1 Å². The van der Waals surface area contributed by atoms with Gasteiger partial charge in [-0.1, -0.05) is 19.9 Å². The molecular weight excluding hydrogens is 387 g/mol. The van der Waals surface area contributed by atoms with E-state index in [4.69, 9.17) is 4.74 Å². The van der Waals surface area contributed by atoms with Crippen LogP contribution in [0.1, 0.15) is 30.9 Å². The van der Waals surface area contributed by atoms with Gasteiger partial charge in [-0.15, -0.1) is 0 Å². The van der Waals surface area contributed by atoms with Crippen molar-refractivity contribution in [3.05, 3.63) is 47.4 Å². The van der Waals surface area contributed by atoms with Gasteiger partial charge in [-0.25, -0.2) is 18.4 Å². The lowest BCUT2D eigenvalue weighted by atomic mass is 10.1. The fourth-order valence-electron chi connectivity index (χ4n) is 2.82. The van der Waals surface area contributed by atoms with Crippen molar-refractivity contribution in [3.8, 4) is 5.75 Å². The van der Waals surface area contributed by atoms with E-state index in [9.17, 15) is 17.6 Å². The van der Waals surface area contributed by atoms with Crippen molar-refractivity contribution in [2.24, 2.45) is 0 Å². The van der Waals surface area contributed by atoms with Gasteiger partial charge in [0.1, 0.15) is 23.8 Å².